The van der Waals surface area contributed by atoms with Crippen LogP contribution in [-0.4, -0.2) is 29.9 Å². The summed E-state index contributed by atoms with van der Waals surface area (Å²) >= 11 is 5.94. The van der Waals surface area contributed by atoms with Crippen LogP contribution >= 0.6 is 11.6 Å². The summed E-state index contributed by atoms with van der Waals surface area (Å²) in [4.78, 5) is 0. The van der Waals surface area contributed by atoms with E-state index in [1.807, 2.05) is 12.1 Å². The van der Waals surface area contributed by atoms with Crippen LogP contribution in [0.2, 0.25) is 5.02 Å². The summed E-state index contributed by atoms with van der Waals surface area (Å²) in [5.74, 6) is 1.42. The molecule has 122 valence electrons. The molecule has 2 atom stereocenters. The number of nitrogens with one attached hydrogen (secondary N) is 1. The van der Waals surface area contributed by atoms with E-state index >= 15 is 0 Å². The quantitative estimate of drug-likeness (QED) is 0.787. The highest BCUT2D eigenvalue weighted by Crippen LogP contribution is 2.30. The topological polar surface area (TPSA) is 61.7 Å². The van der Waals surface area contributed by atoms with Gasteiger partial charge in [-0.05, 0) is 47.9 Å². The number of phenols is 1. The van der Waals surface area contributed by atoms with Crippen molar-refractivity contribution < 1.29 is 14.9 Å². The number of fused-ring (bicyclic) bond motifs is 1. The molecule has 0 unspecified atom stereocenters. The number of halogens is 1. The first-order chi connectivity index (χ1) is 11.1. The third-order valence-electron chi connectivity index (χ3n) is 4.03. The Morgan fingerprint density at radius 1 is 1.26 bits per heavy atom. The van der Waals surface area contributed by atoms with Crippen LogP contribution in [0.3, 0.4) is 0 Å². The lowest BCUT2D eigenvalue weighted by Crippen LogP contribution is -2.33. The highest BCUT2D eigenvalue weighted by atomic mass is 35.5. The third-order valence-corrected chi connectivity index (χ3v) is 4.27. The SMILES string of the molecule is Oc1ccc2c(c1)C[C@H](CNC[C@H](O)c1cccc(Cl)c1)CO2. The Morgan fingerprint density at radius 3 is 2.96 bits per heavy atom. The number of rotatable bonds is 5. The van der Waals surface area contributed by atoms with Crippen LogP contribution in [0.15, 0.2) is 42.5 Å². The molecule has 2 aromatic rings. The number of aromatic hydroxyl groups is 1. The molecule has 1 heterocycles. The Bertz CT molecular complexity index is 677. The second-order valence-electron chi connectivity index (χ2n) is 5.90. The standard InChI is InChI=1S/C18H20ClNO3/c19-15-3-1-2-13(7-15)17(22)10-20-9-12-6-14-8-16(21)4-5-18(14)23-11-12/h1-5,7-8,12,17,20-22H,6,9-11H2/t12-,17+/m1/s1. The maximum absolute atomic E-state index is 10.2. The summed E-state index contributed by atoms with van der Waals surface area (Å²) in [6, 6.07) is 12.5. The minimum Gasteiger partial charge on any atom is -0.508 e. The van der Waals surface area contributed by atoms with Crippen LogP contribution in [0.4, 0.5) is 0 Å². The van der Waals surface area contributed by atoms with Gasteiger partial charge in [-0.15, -0.1) is 0 Å². The van der Waals surface area contributed by atoms with Gasteiger partial charge in [-0.3, -0.25) is 0 Å². The van der Waals surface area contributed by atoms with Crippen molar-refractivity contribution in [2.75, 3.05) is 19.7 Å². The molecule has 0 spiro atoms. The van der Waals surface area contributed by atoms with Crippen molar-refractivity contribution in [2.45, 2.75) is 12.5 Å². The van der Waals surface area contributed by atoms with Gasteiger partial charge in [-0.2, -0.15) is 0 Å². The fourth-order valence-electron chi connectivity index (χ4n) is 2.83. The van der Waals surface area contributed by atoms with Crippen molar-refractivity contribution in [3.05, 3.63) is 58.6 Å². The fraction of sp³-hybridized carbons (Fsp3) is 0.333. The van der Waals surface area contributed by atoms with E-state index in [-0.39, 0.29) is 5.75 Å². The molecule has 2 aromatic carbocycles. The van der Waals surface area contributed by atoms with E-state index in [1.165, 1.54) is 0 Å². The molecule has 0 aromatic heterocycles. The van der Waals surface area contributed by atoms with Crippen LogP contribution in [-0.2, 0) is 6.42 Å². The molecule has 1 aliphatic heterocycles. The molecule has 0 bridgehead atoms. The summed E-state index contributed by atoms with van der Waals surface area (Å²) in [7, 11) is 0. The molecule has 3 N–H and O–H groups in total. The molecule has 0 amide bonds. The second-order valence-corrected chi connectivity index (χ2v) is 6.34. The monoisotopic (exact) mass is 333 g/mol. The lowest BCUT2D eigenvalue weighted by molar-refractivity contribution is 0.165. The van der Waals surface area contributed by atoms with Crippen molar-refractivity contribution in [3.8, 4) is 11.5 Å². The summed E-state index contributed by atoms with van der Waals surface area (Å²) < 4.78 is 5.72. The third kappa shape index (κ3) is 4.16. The second kappa shape index (κ2) is 7.21. The van der Waals surface area contributed by atoms with Gasteiger partial charge in [0.25, 0.3) is 0 Å². The van der Waals surface area contributed by atoms with Crippen molar-refractivity contribution in [1.82, 2.24) is 5.32 Å². The van der Waals surface area contributed by atoms with Gasteiger partial charge in [0.15, 0.2) is 0 Å². The largest absolute Gasteiger partial charge is 0.508 e. The van der Waals surface area contributed by atoms with Gasteiger partial charge < -0.3 is 20.3 Å². The molecule has 0 fully saturated rings. The van der Waals surface area contributed by atoms with Crippen molar-refractivity contribution >= 4 is 11.6 Å². The van der Waals surface area contributed by atoms with Crippen LogP contribution in [0, 0.1) is 5.92 Å². The maximum Gasteiger partial charge on any atom is 0.122 e. The highest BCUT2D eigenvalue weighted by molar-refractivity contribution is 6.30. The van der Waals surface area contributed by atoms with Gasteiger partial charge in [0, 0.05) is 24.0 Å². The normalized spacial score (nSPS) is 18.1. The zero-order valence-electron chi connectivity index (χ0n) is 12.7. The summed E-state index contributed by atoms with van der Waals surface area (Å²) in [5.41, 5.74) is 1.83. The molecule has 23 heavy (non-hydrogen) atoms. The maximum atomic E-state index is 10.2. The number of ether oxygens (including phenoxy) is 1. The Kier molecular flexibility index (Phi) is 5.06. The first-order valence-corrected chi connectivity index (χ1v) is 8.08. The first kappa shape index (κ1) is 16.1. The predicted molar refractivity (Wildman–Crippen MR) is 90.1 cm³/mol. The van der Waals surface area contributed by atoms with Crippen LogP contribution in [0.5, 0.6) is 11.5 Å². The average molecular weight is 334 g/mol. The lowest BCUT2D eigenvalue weighted by atomic mass is 9.96. The summed E-state index contributed by atoms with van der Waals surface area (Å²) in [6.45, 7) is 1.84. The molecule has 1 aliphatic rings. The van der Waals surface area contributed by atoms with E-state index in [1.54, 1.807) is 30.3 Å². The summed E-state index contributed by atoms with van der Waals surface area (Å²) in [5, 5.41) is 23.6. The van der Waals surface area contributed by atoms with E-state index in [4.69, 9.17) is 16.3 Å². The minimum absolute atomic E-state index is 0.261. The first-order valence-electron chi connectivity index (χ1n) is 7.71. The lowest BCUT2D eigenvalue weighted by Gasteiger charge is -2.26. The number of phenolic OH excluding ortho intramolecular Hbond substituents is 1. The van der Waals surface area contributed by atoms with Crippen LogP contribution in [0.1, 0.15) is 17.2 Å². The smallest absolute Gasteiger partial charge is 0.122 e. The van der Waals surface area contributed by atoms with E-state index in [2.05, 4.69) is 5.32 Å². The average Bonchev–Trinajstić information content (AvgIpc) is 2.54. The number of benzene rings is 2. The van der Waals surface area contributed by atoms with Crippen molar-refractivity contribution in [2.24, 2.45) is 5.92 Å². The Morgan fingerprint density at radius 2 is 2.13 bits per heavy atom. The number of hydrogen-bond donors (Lipinski definition) is 3. The molecule has 0 saturated carbocycles. The van der Waals surface area contributed by atoms with Gasteiger partial charge in [-0.25, -0.2) is 0 Å². The van der Waals surface area contributed by atoms with Gasteiger partial charge in [0.2, 0.25) is 0 Å². The molecule has 0 radical (unpaired) electrons. The molecule has 0 aliphatic carbocycles. The van der Waals surface area contributed by atoms with Gasteiger partial charge in [0.1, 0.15) is 11.5 Å². The van der Waals surface area contributed by atoms with E-state index in [0.717, 1.165) is 29.8 Å². The van der Waals surface area contributed by atoms with E-state index in [9.17, 15) is 10.2 Å². The van der Waals surface area contributed by atoms with Crippen molar-refractivity contribution in [3.63, 3.8) is 0 Å². The molecular weight excluding hydrogens is 314 g/mol. The molecule has 5 heteroatoms. The highest BCUT2D eigenvalue weighted by Gasteiger charge is 2.20. The Labute approximate surface area is 140 Å². The van der Waals surface area contributed by atoms with E-state index in [0.29, 0.717) is 24.1 Å². The molecule has 4 nitrogen and oxygen atoms in total. The molecule has 3 rings (SSSR count). The zero-order chi connectivity index (χ0) is 16.2. The number of hydrogen-bond acceptors (Lipinski definition) is 4. The van der Waals surface area contributed by atoms with Crippen molar-refractivity contribution in [1.29, 1.82) is 0 Å². The minimum atomic E-state index is -0.588. The van der Waals surface area contributed by atoms with Gasteiger partial charge >= 0.3 is 0 Å². The summed E-state index contributed by atoms with van der Waals surface area (Å²) in [6.07, 6.45) is 0.263. The van der Waals surface area contributed by atoms with Crippen LogP contribution in [0.25, 0.3) is 0 Å². The Balaban J connectivity index is 1.50. The molecular formula is C18H20ClNO3. The molecule has 0 saturated heterocycles. The van der Waals surface area contributed by atoms with Gasteiger partial charge in [-0.1, -0.05) is 23.7 Å². The van der Waals surface area contributed by atoms with Crippen LogP contribution < -0.4 is 10.1 Å². The van der Waals surface area contributed by atoms with Gasteiger partial charge in [0.05, 0.1) is 12.7 Å². The fourth-order valence-corrected chi connectivity index (χ4v) is 3.03. The number of aliphatic hydroxyl groups is 1. The van der Waals surface area contributed by atoms with E-state index < -0.39 is 6.10 Å². The zero-order valence-corrected chi connectivity index (χ0v) is 13.5. The number of aliphatic hydroxyl groups excluding tert-OH is 1. The predicted octanol–water partition coefficient (Wildman–Crippen LogP) is 2.92. The Hall–Kier alpha value is -1.75.